The van der Waals surface area contributed by atoms with Gasteiger partial charge in [0.25, 0.3) is 0 Å². The molecule has 3 N–H and O–H groups in total. The molecule has 1 aromatic heterocycles. The van der Waals surface area contributed by atoms with Crippen LogP contribution in [0, 0.1) is 19.8 Å². The number of nitrogens with one attached hydrogen (secondary N) is 1. The van der Waals surface area contributed by atoms with Crippen molar-refractivity contribution in [2.75, 3.05) is 0 Å². The molecule has 3 rings (SSSR count). The van der Waals surface area contributed by atoms with E-state index in [4.69, 9.17) is 10.7 Å². The molecule has 0 radical (unpaired) electrons. The molecule has 3 nitrogen and oxygen atoms in total. The van der Waals surface area contributed by atoms with Crippen LogP contribution in [-0.2, 0) is 0 Å². The fourth-order valence-electron chi connectivity index (χ4n) is 3.36. The number of nitrogens with two attached hydrogens (primary N) is 1. The smallest absolute Gasteiger partial charge is 0.124 e. The van der Waals surface area contributed by atoms with Gasteiger partial charge in [-0.3, -0.25) is 0 Å². The topological polar surface area (TPSA) is 54.7 Å². The number of imidazole rings is 1. The Labute approximate surface area is 114 Å². The second-order valence-electron chi connectivity index (χ2n) is 6.02. The fourth-order valence-corrected chi connectivity index (χ4v) is 3.36. The van der Waals surface area contributed by atoms with Crippen LogP contribution in [0.2, 0.25) is 0 Å². The predicted octanol–water partition coefficient (Wildman–Crippen LogP) is 3.76. The first kappa shape index (κ1) is 12.7. The van der Waals surface area contributed by atoms with E-state index in [1.54, 1.807) is 0 Å². The van der Waals surface area contributed by atoms with Crippen LogP contribution in [0.1, 0.15) is 55.1 Å². The highest BCUT2D eigenvalue weighted by molar-refractivity contribution is 5.79. The number of benzene rings is 1. The Morgan fingerprint density at radius 3 is 2.68 bits per heavy atom. The molecule has 1 heterocycles. The molecule has 19 heavy (non-hydrogen) atoms. The molecule has 1 atom stereocenters. The summed E-state index contributed by atoms with van der Waals surface area (Å²) >= 11 is 0. The second kappa shape index (κ2) is 4.97. The predicted molar refractivity (Wildman–Crippen MR) is 79.1 cm³/mol. The third-order valence-corrected chi connectivity index (χ3v) is 4.41. The summed E-state index contributed by atoms with van der Waals surface area (Å²) in [5.41, 5.74) is 11.1. The zero-order valence-corrected chi connectivity index (χ0v) is 11.9. The molecule has 0 saturated heterocycles. The van der Waals surface area contributed by atoms with Crippen molar-refractivity contribution in [3.8, 4) is 0 Å². The zero-order chi connectivity index (χ0) is 13.4. The first-order chi connectivity index (χ1) is 9.15. The van der Waals surface area contributed by atoms with Crippen LogP contribution in [-0.4, -0.2) is 9.97 Å². The summed E-state index contributed by atoms with van der Waals surface area (Å²) in [7, 11) is 0. The van der Waals surface area contributed by atoms with E-state index in [9.17, 15) is 0 Å². The Morgan fingerprint density at radius 2 is 1.95 bits per heavy atom. The summed E-state index contributed by atoms with van der Waals surface area (Å²) in [5.74, 6) is 1.56. The normalized spacial score (nSPS) is 18.9. The lowest BCUT2D eigenvalue weighted by atomic mass is 9.84. The maximum absolute atomic E-state index is 6.43. The Hall–Kier alpha value is -1.35. The summed E-state index contributed by atoms with van der Waals surface area (Å²) in [6.45, 7) is 4.24. The van der Waals surface area contributed by atoms with E-state index in [0.29, 0.717) is 5.92 Å². The third-order valence-electron chi connectivity index (χ3n) is 4.41. The molecular weight excluding hydrogens is 234 g/mol. The Balaban J connectivity index is 1.94. The molecule has 0 spiro atoms. The third kappa shape index (κ3) is 2.39. The van der Waals surface area contributed by atoms with E-state index in [0.717, 1.165) is 16.9 Å². The van der Waals surface area contributed by atoms with Gasteiger partial charge < -0.3 is 10.7 Å². The number of aryl methyl sites for hydroxylation is 2. The maximum atomic E-state index is 6.43. The van der Waals surface area contributed by atoms with Crippen LogP contribution in [0.25, 0.3) is 11.0 Å². The molecule has 0 amide bonds. The van der Waals surface area contributed by atoms with E-state index in [1.165, 1.54) is 43.2 Å². The summed E-state index contributed by atoms with van der Waals surface area (Å²) in [6.07, 6.45) is 6.49. The van der Waals surface area contributed by atoms with Gasteiger partial charge in [-0.1, -0.05) is 25.3 Å². The molecular formula is C16H23N3. The van der Waals surface area contributed by atoms with Crippen molar-refractivity contribution in [2.45, 2.75) is 52.0 Å². The molecule has 102 valence electrons. The van der Waals surface area contributed by atoms with Crippen LogP contribution < -0.4 is 5.73 Å². The highest BCUT2D eigenvalue weighted by Crippen LogP contribution is 2.32. The quantitative estimate of drug-likeness (QED) is 0.860. The van der Waals surface area contributed by atoms with Gasteiger partial charge >= 0.3 is 0 Å². The number of fused-ring (bicyclic) bond motifs is 1. The highest BCUT2D eigenvalue weighted by Gasteiger charge is 2.24. The van der Waals surface area contributed by atoms with Crippen molar-refractivity contribution in [3.63, 3.8) is 0 Å². The van der Waals surface area contributed by atoms with Gasteiger partial charge in [-0.05, 0) is 49.8 Å². The zero-order valence-electron chi connectivity index (χ0n) is 11.9. The van der Waals surface area contributed by atoms with Gasteiger partial charge in [0.05, 0.1) is 17.1 Å². The monoisotopic (exact) mass is 257 g/mol. The van der Waals surface area contributed by atoms with E-state index in [1.807, 2.05) is 0 Å². The number of aromatic nitrogens is 2. The minimum atomic E-state index is 0.0624. The van der Waals surface area contributed by atoms with Crippen molar-refractivity contribution in [1.82, 2.24) is 9.97 Å². The van der Waals surface area contributed by atoms with E-state index in [-0.39, 0.29) is 6.04 Å². The summed E-state index contributed by atoms with van der Waals surface area (Å²) in [4.78, 5) is 8.19. The number of nitrogens with zero attached hydrogens (tertiary/aromatic N) is 1. The van der Waals surface area contributed by atoms with Gasteiger partial charge in [0, 0.05) is 0 Å². The molecule has 0 aliphatic heterocycles. The lowest BCUT2D eigenvalue weighted by Crippen LogP contribution is -2.24. The molecule has 1 saturated carbocycles. The lowest BCUT2D eigenvalue weighted by molar-refractivity contribution is 0.302. The molecule has 0 bridgehead atoms. The summed E-state index contributed by atoms with van der Waals surface area (Å²) in [6, 6.07) is 4.40. The van der Waals surface area contributed by atoms with Crippen LogP contribution in [0.4, 0.5) is 0 Å². The van der Waals surface area contributed by atoms with Gasteiger partial charge in [-0.15, -0.1) is 0 Å². The molecule has 3 heteroatoms. The first-order valence-corrected chi connectivity index (χ1v) is 7.37. The highest BCUT2D eigenvalue weighted by atomic mass is 15.0. The minimum absolute atomic E-state index is 0.0624. The van der Waals surface area contributed by atoms with Crippen molar-refractivity contribution in [3.05, 3.63) is 29.1 Å². The van der Waals surface area contributed by atoms with E-state index >= 15 is 0 Å². The Morgan fingerprint density at radius 1 is 1.21 bits per heavy atom. The van der Waals surface area contributed by atoms with Crippen molar-refractivity contribution in [1.29, 1.82) is 0 Å². The number of aromatic amines is 1. The standard InChI is InChI=1S/C16H23N3/c1-10-8-11(2)15-13(9-10)18-16(19-15)14(17)12-6-4-3-5-7-12/h8-9,12,14H,3-7,17H2,1-2H3,(H,18,19). The van der Waals surface area contributed by atoms with Crippen LogP contribution in [0.5, 0.6) is 0 Å². The molecule has 2 aromatic rings. The SMILES string of the molecule is Cc1cc(C)c2nc(C(N)C3CCCCC3)[nH]c2c1. The first-order valence-electron chi connectivity index (χ1n) is 7.37. The summed E-state index contributed by atoms with van der Waals surface area (Å²) < 4.78 is 0. The van der Waals surface area contributed by atoms with E-state index < -0.39 is 0 Å². The number of hydrogen-bond donors (Lipinski definition) is 2. The average Bonchev–Trinajstić information content (AvgIpc) is 2.83. The largest absolute Gasteiger partial charge is 0.341 e. The molecule has 1 unspecified atom stereocenters. The van der Waals surface area contributed by atoms with Crippen molar-refractivity contribution >= 4 is 11.0 Å². The van der Waals surface area contributed by atoms with Gasteiger partial charge in [0.15, 0.2) is 0 Å². The van der Waals surface area contributed by atoms with Gasteiger partial charge in [-0.2, -0.15) is 0 Å². The fraction of sp³-hybridized carbons (Fsp3) is 0.562. The Bertz CT molecular complexity index is 579. The molecule has 1 aromatic carbocycles. The second-order valence-corrected chi connectivity index (χ2v) is 6.02. The van der Waals surface area contributed by atoms with E-state index in [2.05, 4.69) is 31.0 Å². The van der Waals surface area contributed by atoms with Gasteiger partial charge in [-0.25, -0.2) is 4.98 Å². The van der Waals surface area contributed by atoms with Crippen LogP contribution in [0.3, 0.4) is 0 Å². The van der Waals surface area contributed by atoms with Crippen LogP contribution in [0.15, 0.2) is 12.1 Å². The molecule has 1 fully saturated rings. The Kier molecular flexibility index (Phi) is 3.31. The summed E-state index contributed by atoms with van der Waals surface area (Å²) in [5, 5.41) is 0. The van der Waals surface area contributed by atoms with Gasteiger partial charge in [0.1, 0.15) is 5.82 Å². The molecule has 1 aliphatic carbocycles. The number of H-pyrrole nitrogens is 1. The number of rotatable bonds is 2. The van der Waals surface area contributed by atoms with Crippen molar-refractivity contribution < 1.29 is 0 Å². The molecule has 1 aliphatic rings. The van der Waals surface area contributed by atoms with Crippen molar-refractivity contribution in [2.24, 2.45) is 11.7 Å². The number of hydrogen-bond acceptors (Lipinski definition) is 2. The van der Waals surface area contributed by atoms with Crippen LogP contribution >= 0.6 is 0 Å². The average molecular weight is 257 g/mol. The minimum Gasteiger partial charge on any atom is -0.341 e. The van der Waals surface area contributed by atoms with Gasteiger partial charge in [0.2, 0.25) is 0 Å². The lowest BCUT2D eigenvalue weighted by Gasteiger charge is -2.26. The maximum Gasteiger partial charge on any atom is 0.124 e.